The second-order valence-corrected chi connectivity index (χ2v) is 18.4. The van der Waals surface area contributed by atoms with Gasteiger partial charge in [0.05, 0.1) is 42.3 Å². The van der Waals surface area contributed by atoms with Gasteiger partial charge < -0.3 is 22.1 Å². The molecule has 0 aliphatic rings. The Balaban J connectivity index is 0.000000526. The van der Waals surface area contributed by atoms with Crippen LogP contribution in [-0.4, -0.2) is 11.4 Å². The summed E-state index contributed by atoms with van der Waals surface area (Å²) in [5.41, 5.74) is 11.1. The molecular weight excluding hydrogens is 1320 g/mol. The topological polar surface area (TPSA) is 101 Å². The monoisotopic (exact) mass is 1350 g/mol. The zero-order valence-corrected chi connectivity index (χ0v) is 47.4. The van der Waals surface area contributed by atoms with E-state index in [-0.39, 0.29) is 46.3 Å². The Labute approximate surface area is 501 Å². The van der Waals surface area contributed by atoms with E-state index in [1.165, 1.54) is 0 Å². The zero-order chi connectivity index (χ0) is 57.7. The first-order valence-electron chi connectivity index (χ1n) is 20.7. The van der Waals surface area contributed by atoms with Crippen LogP contribution < -0.4 is 0 Å². The summed E-state index contributed by atoms with van der Waals surface area (Å²) in [5, 5.41) is 12.8. The van der Waals surface area contributed by atoms with Crippen LogP contribution in [0.4, 0.5) is 86.8 Å². The first kappa shape index (κ1) is 71.9. The molecule has 0 amide bonds. The number of nitrogens with one attached hydrogen (secondary N) is 2. The number of rotatable bonds is 8. The molecule has 2 radical (unpaired) electrons. The molecule has 0 unspecified atom stereocenters. The van der Waals surface area contributed by atoms with Crippen LogP contribution in [0, 0.1) is 0 Å². The van der Waals surface area contributed by atoms with E-state index < -0.39 is 58.3 Å². The van der Waals surface area contributed by atoms with Crippen LogP contribution in [0.1, 0.15) is 49.9 Å². The molecule has 0 heterocycles. The number of benzene rings is 6. The van der Waals surface area contributed by atoms with Crippen LogP contribution in [0.15, 0.2) is 143 Å². The van der Waals surface area contributed by atoms with E-state index in [2.05, 4.69) is 20.6 Å². The Bertz CT molecular complexity index is 2780. The van der Waals surface area contributed by atoms with Crippen LogP contribution in [-0.2, 0) is 58.8 Å². The molecule has 0 spiro atoms. The van der Waals surface area contributed by atoms with Gasteiger partial charge in [-0.3, -0.25) is 9.98 Å². The molecule has 6 rings (SSSR count). The van der Waals surface area contributed by atoms with Crippen molar-refractivity contribution in [2.75, 3.05) is 0 Å². The molecule has 0 bridgehead atoms. The quantitative estimate of drug-likeness (QED) is 0.0824. The van der Waals surface area contributed by atoms with Crippen molar-refractivity contribution in [1.29, 1.82) is 0 Å². The Morgan fingerprint density at radius 3 is 0.795 bits per heavy atom. The van der Waals surface area contributed by atoms with E-state index in [0.29, 0.717) is 110 Å². The van der Waals surface area contributed by atoms with E-state index in [1.807, 2.05) is 27.7 Å². The Kier molecular flexibility index (Phi) is 28.7. The second kappa shape index (κ2) is 31.2. The fourth-order valence-corrected chi connectivity index (χ4v) is 7.66. The summed E-state index contributed by atoms with van der Waals surface area (Å²) < 4.78 is 145. The Morgan fingerprint density at radius 2 is 0.590 bits per heavy atom. The molecular formula is C50H34Cl8Cu2F12N6. The molecule has 0 aliphatic heterocycles. The number of aliphatic imine (C=N–C) groups is 2. The minimum Gasteiger partial charge on any atom is -0.699 e. The van der Waals surface area contributed by atoms with Crippen LogP contribution in [0.3, 0.4) is 0 Å². The van der Waals surface area contributed by atoms with Crippen molar-refractivity contribution in [2.45, 2.75) is 52.4 Å². The molecule has 78 heavy (non-hydrogen) atoms. The molecule has 6 aromatic carbocycles. The van der Waals surface area contributed by atoms with Gasteiger partial charge in [-0.05, 0) is 74.5 Å². The van der Waals surface area contributed by atoms with Gasteiger partial charge in [-0.2, -0.15) is 64.1 Å². The Hall–Kier alpha value is -4.14. The summed E-state index contributed by atoms with van der Waals surface area (Å²) in [7, 11) is 0. The summed E-state index contributed by atoms with van der Waals surface area (Å²) in [6.07, 6.45) is -15.9. The molecule has 0 saturated heterocycles. The molecule has 0 saturated carbocycles. The number of nitrogens with zero attached hydrogens (tertiary/aromatic N) is 4. The third-order valence-corrected chi connectivity index (χ3v) is 11.4. The average Bonchev–Trinajstić information content (AvgIpc) is 3.28. The van der Waals surface area contributed by atoms with Crippen molar-refractivity contribution in [3.05, 3.63) is 217 Å². The predicted molar refractivity (Wildman–Crippen MR) is 286 cm³/mol. The van der Waals surface area contributed by atoms with Crippen molar-refractivity contribution in [1.82, 2.24) is 0 Å². The number of alkyl halides is 12. The van der Waals surface area contributed by atoms with Crippen molar-refractivity contribution >= 4 is 138 Å². The number of hydrogen-bond donors (Lipinski definition) is 0. The maximum Gasteiger partial charge on any atom is 2.00 e. The average molecular weight is 1360 g/mol. The fourth-order valence-electron chi connectivity index (χ4n) is 5.73. The number of para-hydroxylation sites is 4. The maximum absolute atomic E-state index is 12.1. The molecule has 6 aromatic rings. The SMILES string of the molecule is CC(/C=C(/C)[N-]c1c(Cl)cccc1Cl)=Nc1c(Cl)cccc1Cl.CC(/C=C(/C)[N-]c1c(Cl)cccc1Cl)=Nc1c(Cl)cccc1Cl.[Cu+2].[Cu+2].[NH-]c1cc(C(F)(F)F)cc(C(F)(F)F)c1.[NH-]c1cc(C(F)(F)F)cc(C(F)(F)F)c1. The zero-order valence-electron chi connectivity index (χ0n) is 39.5. The smallest absolute Gasteiger partial charge is 0.699 e. The number of allylic oxidation sites excluding steroid dienone is 4. The molecule has 28 heteroatoms. The van der Waals surface area contributed by atoms with E-state index in [1.54, 1.807) is 84.9 Å². The van der Waals surface area contributed by atoms with Crippen LogP contribution in [0.2, 0.25) is 40.2 Å². The summed E-state index contributed by atoms with van der Waals surface area (Å²) in [6, 6.07) is 22.3. The van der Waals surface area contributed by atoms with E-state index >= 15 is 0 Å². The summed E-state index contributed by atoms with van der Waals surface area (Å²) >= 11 is 48.9. The molecule has 2 N–H and O–H groups in total. The van der Waals surface area contributed by atoms with Crippen molar-refractivity contribution < 1.29 is 86.8 Å². The molecule has 6 nitrogen and oxygen atoms in total. The molecule has 0 fully saturated rings. The number of hydrogen-bond acceptors (Lipinski definition) is 2. The normalized spacial score (nSPS) is 12.3. The van der Waals surface area contributed by atoms with Gasteiger partial charge in [0.25, 0.3) is 0 Å². The van der Waals surface area contributed by atoms with E-state index in [0.717, 1.165) is 0 Å². The van der Waals surface area contributed by atoms with Crippen LogP contribution >= 0.6 is 92.8 Å². The third-order valence-electron chi connectivity index (χ3n) is 8.91. The van der Waals surface area contributed by atoms with Crippen molar-refractivity contribution in [2.24, 2.45) is 9.98 Å². The molecule has 0 atom stereocenters. The standard InChI is InChI=1S/2C17H13Cl4N2.2C8H4F6N.2Cu/c2*1-10(22-16-12(18)5-3-6-13(16)19)9-11(2)23-17-14(20)7-4-8-15(17)21;2*9-7(10,11)4-1-5(8(12,13)14)3-6(15)2-4;;/h2*3-9H,1-2H3;2*1-3,15H;;/q4*-1;2*+2/b2*10-9-,23-11?;;;;. The predicted octanol–water partition coefficient (Wildman–Crippen LogP) is 24.8. The van der Waals surface area contributed by atoms with E-state index in [9.17, 15) is 52.7 Å². The van der Waals surface area contributed by atoms with Gasteiger partial charge in [0, 0.05) is 31.5 Å². The maximum atomic E-state index is 12.1. The van der Waals surface area contributed by atoms with Gasteiger partial charge in [-0.15, -0.1) is 11.4 Å². The molecule has 0 aliphatic carbocycles. The number of halogens is 20. The van der Waals surface area contributed by atoms with Crippen molar-refractivity contribution in [3.63, 3.8) is 0 Å². The largest absolute Gasteiger partial charge is 2.00 e. The van der Waals surface area contributed by atoms with Crippen LogP contribution in [0.5, 0.6) is 0 Å². The summed E-state index contributed by atoms with van der Waals surface area (Å²) in [5.74, 6) is 0. The Morgan fingerprint density at radius 1 is 0.385 bits per heavy atom. The molecule has 426 valence electrons. The van der Waals surface area contributed by atoms with Gasteiger partial charge in [-0.1, -0.05) is 179 Å². The molecule has 0 aromatic heterocycles. The van der Waals surface area contributed by atoms with Gasteiger partial charge in [0.2, 0.25) is 0 Å². The summed E-state index contributed by atoms with van der Waals surface area (Å²) in [6.45, 7) is 7.36. The van der Waals surface area contributed by atoms with Gasteiger partial charge in [0.1, 0.15) is 11.4 Å². The second-order valence-electron chi connectivity index (χ2n) is 15.2. The van der Waals surface area contributed by atoms with Crippen LogP contribution in [0.25, 0.3) is 22.1 Å². The minimum absolute atomic E-state index is 0. The van der Waals surface area contributed by atoms with Gasteiger partial charge in [0.15, 0.2) is 0 Å². The van der Waals surface area contributed by atoms with Gasteiger partial charge >= 0.3 is 58.8 Å². The third kappa shape index (κ3) is 23.5. The summed E-state index contributed by atoms with van der Waals surface area (Å²) in [4.78, 5) is 8.87. The first-order valence-corrected chi connectivity index (χ1v) is 23.7. The van der Waals surface area contributed by atoms with Crippen molar-refractivity contribution in [3.8, 4) is 0 Å². The van der Waals surface area contributed by atoms with E-state index in [4.69, 9.17) is 104 Å². The minimum atomic E-state index is -4.88. The fraction of sp³-hybridized carbons (Fsp3) is 0.160. The van der Waals surface area contributed by atoms with Gasteiger partial charge in [-0.25, -0.2) is 0 Å². The first-order chi connectivity index (χ1) is 35.0.